The van der Waals surface area contributed by atoms with Gasteiger partial charge in [-0.2, -0.15) is 0 Å². The highest BCUT2D eigenvalue weighted by Gasteiger charge is 2.35. The van der Waals surface area contributed by atoms with E-state index in [1.807, 2.05) is 0 Å². The molecule has 8 heteroatoms. The Labute approximate surface area is 159 Å². The van der Waals surface area contributed by atoms with Gasteiger partial charge in [-0.15, -0.1) is 0 Å². The molecule has 0 aliphatic carbocycles. The van der Waals surface area contributed by atoms with Gasteiger partial charge in [-0.05, 0) is 39.8 Å². The molecule has 1 heterocycles. The number of carbonyl (C=O) groups is 2. The second-order valence-corrected chi connectivity index (χ2v) is 7.06. The summed E-state index contributed by atoms with van der Waals surface area (Å²) in [5, 5.41) is 0. The topological polar surface area (TPSA) is 86.7 Å². The van der Waals surface area contributed by atoms with Crippen molar-refractivity contribution in [1.29, 1.82) is 0 Å². The Morgan fingerprint density at radius 2 is 1.63 bits per heavy atom. The summed E-state index contributed by atoms with van der Waals surface area (Å²) in [7, 11) is 4.45. The number of ether oxygens (including phenoxy) is 4. The summed E-state index contributed by atoms with van der Waals surface area (Å²) >= 11 is 0. The van der Waals surface area contributed by atoms with Crippen LogP contribution in [-0.2, 0) is 4.74 Å². The summed E-state index contributed by atoms with van der Waals surface area (Å²) in [6.45, 7) is 7.15. The van der Waals surface area contributed by atoms with Crippen LogP contribution in [0.1, 0.15) is 38.1 Å². The molecule has 0 spiro atoms. The summed E-state index contributed by atoms with van der Waals surface area (Å²) in [4.78, 5) is 31.0. The van der Waals surface area contributed by atoms with Crippen LogP contribution in [-0.4, -0.2) is 62.1 Å². The van der Waals surface area contributed by atoms with Crippen LogP contribution in [0.5, 0.6) is 17.2 Å². The summed E-state index contributed by atoms with van der Waals surface area (Å²) in [6, 6.07) is 2.43. The van der Waals surface area contributed by atoms with Crippen molar-refractivity contribution in [3.63, 3.8) is 0 Å². The highest BCUT2D eigenvalue weighted by molar-refractivity contribution is 6.06. The minimum absolute atomic E-state index is 0.121. The average Bonchev–Trinajstić information content (AvgIpc) is 3.00. The Morgan fingerprint density at radius 3 is 2.07 bits per heavy atom. The second-order valence-electron chi connectivity index (χ2n) is 7.06. The van der Waals surface area contributed by atoms with Crippen molar-refractivity contribution in [3.8, 4) is 17.2 Å². The fourth-order valence-electron chi connectivity index (χ4n) is 2.72. The van der Waals surface area contributed by atoms with Crippen LogP contribution in [0.4, 0.5) is 4.79 Å². The number of aliphatic imine (C=N–C) groups is 1. The first-order valence-electron chi connectivity index (χ1n) is 8.50. The van der Waals surface area contributed by atoms with Crippen molar-refractivity contribution < 1.29 is 28.5 Å². The molecule has 27 heavy (non-hydrogen) atoms. The summed E-state index contributed by atoms with van der Waals surface area (Å²) in [5.41, 5.74) is -0.270. The van der Waals surface area contributed by atoms with Crippen molar-refractivity contribution >= 4 is 17.7 Å². The smallest absolute Gasteiger partial charge is 0.415 e. The molecule has 148 valence electrons. The molecule has 2 rings (SSSR count). The van der Waals surface area contributed by atoms with Gasteiger partial charge in [0.15, 0.2) is 17.3 Å². The Hall–Kier alpha value is -2.77. The maximum absolute atomic E-state index is 12.9. The van der Waals surface area contributed by atoms with Gasteiger partial charge in [-0.1, -0.05) is 0 Å². The zero-order valence-electron chi connectivity index (χ0n) is 16.8. The van der Waals surface area contributed by atoms with E-state index in [4.69, 9.17) is 18.9 Å². The molecule has 1 atom stereocenters. The van der Waals surface area contributed by atoms with Gasteiger partial charge in [0.1, 0.15) is 17.5 Å². The number of methoxy groups -OCH3 is 3. The molecule has 0 fully saturated rings. The Bertz CT molecular complexity index is 741. The van der Waals surface area contributed by atoms with Crippen molar-refractivity contribution in [2.24, 2.45) is 4.99 Å². The quantitative estimate of drug-likeness (QED) is 0.732. The molecule has 0 radical (unpaired) electrons. The Morgan fingerprint density at radius 1 is 1.07 bits per heavy atom. The molecule has 0 aromatic heterocycles. The minimum Gasteiger partial charge on any atom is -0.493 e. The standard InChI is InChI=1S/C19H26N2O6/c1-11-20-13(10-21(11)18(23)27-19(2,3)4)16(22)12-8-14(24-5)17(26-7)15(9-12)25-6/h8-9,13H,10H2,1-7H3. The van der Waals surface area contributed by atoms with Crippen LogP contribution in [0.15, 0.2) is 17.1 Å². The monoisotopic (exact) mass is 378 g/mol. The van der Waals surface area contributed by atoms with Gasteiger partial charge < -0.3 is 18.9 Å². The number of nitrogens with zero attached hydrogens (tertiary/aromatic N) is 2. The molecule has 8 nitrogen and oxygen atoms in total. The maximum atomic E-state index is 12.9. The minimum atomic E-state index is -0.722. The van der Waals surface area contributed by atoms with E-state index in [0.29, 0.717) is 28.6 Å². The third-order valence-corrected chi connectivity index (χ3v) is 3.95. The van der Waals surface area contributed by atoms with Crippen molar-refractivity contribution in [3.05, 3.63) is 17.7 Å². The third kappa shape index (κ3) is 4.50. The molecule has 0 saturated heterocycles. The number of hydrogen-bond donors (Lipinski definition) is 0. The van der Waals surface area contributed by atoms with Crippen LogP contribution in [0.25, 0.3) is 0 Å². The average molecular weight is 378 g/mol. The van der Waals surface area contributed by atoms with Gasteiger partial charge in [0.2, 0.25) is 5.75 Å². The van der Waals surface area contributed by atoms with Gasteiger partial charge in [0.05, 0.1) is 27.9 Å². The number of carbonyl (C=O) groups excluding carboxylic acids is 2. The van der Waals surface area contributed by atoms with Gasteiger partial charge in [-0.3, -0.25) is 14.7 Å². The number of hydrogen-bond acceptors (Lipinski definition) is 7. The van der Waals surface area contributed by atoms with E-state index in [0.717, 1.165) is 0 Å². The van der Waals surface area contributed by atoms with E-state index in [-0.39, 0.29) is 12.3 Å². The van der Waals surface area contributed by atoms with Crippen molar-refractivity contribution in [2.45, 2.75) is 39.3 Å². The lowest BCUT2D eigenvalue weighted by atomic mass is 10.0. The van der Waals surface area contributed by atoms with Crippen LogP contribution < -0.4 is 14.2 Å². The first-order chi connectivity index (χ1) is 12.6. The van der Waals surface area contributed by atoms with Crippen molar-refractivity contribution in [2.75, 3.05) is 27.9 Å². The molecule has 1 amide bonds. The first-order valence-corrected chi connectivity index (χ1v) is 8.50. The highest BCUT2D eigenvalue weighted by atomic mass is 16.6. The molecule has 1 aliphatic rings. The molecule has 1 aromatic rings. The number of amides is 1. The molecule has 1 aliphatic heterocycles. The Balaban J connectivity index is 2.25. The van der Waals surface area contributed by atoms with E-state index in [2.05, 4.69) is 4.99 Å². The fraction of sp³-hybridized carbons (Fsp3) is 0.526. The van der Waals surface area contributed by atoms with E-state index in [1.54, 1.807) is 39.8 Å². The van der Waals surface area contributed by atoms with E-state index < -0.39 is 17.7 Å². The van der Waals surface area contributed by atoms with Crippen molar-refractivity contribution in [1.82, 2.24) is 4.90 Å². The van der Waals surface area contributed by atoms with E-state index in [9.17, 15) is 9.59 Å². The van der Waals surface area contributed by atoms with E-state index >= 15 is 0 Å². The lowest BCUT2D eigenvalue weighted by Crippen LogP contribution is -2.39. The van der Waals surface area contributed by atoms with Crippen LogP contribution in [0.2, 0.25) is 0 Å². The predicted octanol–water partition coefficient (Wildman–Crippen LogP) is 2.93. The molecular weight excluding hydrogens is 352 g/mol. The molecular formula is C19H26N2O6. The zero-order chi connectivity index (χ0) is 20.4. The first kappa shape index (κ1) is 20.5. The van der Waals surface area contributed by atoms with E-state index in [1.165, 1.54) is 26.2 Å². The van der Waals surface area contributed by atoms with Gasteiger partial charge in [0, 0.05) is 5.56 Å². The Kier molecular flexibility index (Phi) is 5.98. The van der Waals surface area contributed by atoms with Gasteiger partial charge in [0.25, 0.3) is 0 Å². The zero-order valence-corrected chi connectivity index (χ0v) is 16.8. The summed E-state index contributed by atoms with van der Waals surface area (Å²) in [5.74, 6) is 1.35. The molecule has 1 unspecified atom stereocenters. The summed E-state index contributed by atoms with van der Waals surface area (Å²) < 4.78 is 21.2. The number of benzene rings is 1. The third-order valence-electron chi connectivity index (χ3n) is 3.95. The fourth-order valence-corrected chi connectivity index (χ4v) is 2.72. The summed E-state index contributed by atoms with van der Waals surface area (Å²) in [6.07, 6.45) is -0.524. The number of ketones is 1. The lowest BCUT2D eigenvalue weighted by Gasteiger charge is -2.24. The van der Waals surface area contributed by atoms with Crippen LogP contribution in [0, 0.1) is 0 Å². The molecule has 0 N–H and O–H groups in total. The van der Waals surface area contributed by atoms with Crippen LogP contribution >= 0.6 is 0 Å². The van der Waals surface area contributed by atoms with Gasteiger partial charge >= 0.3 is 6.09 Å². The maximum Gasteiger partial charge on any atom is 0.415 e. The normalized spacial score (nSPS) is 16.6. The molecule has 1 aromatic carbocycles. The number of amidine groups is 1. The number of Topliss-reactive ketones (excluding diaryl/α,β-unsaturated/α-hetero) is 1. The lowest BCUT2D eigenvalue weighted by molar-refractivity contribution is 0.0377. The largest absolute Gasteiger partial charge is 0.493 e. The van der Waals surface area contributed by atoms with Gasteiger partial charge in [-0.25, -0.2) is 4.79 Å². The number of rotatable bonds is 5. The molecule has 0 saturated carbocycles. The second kappa shape index (κ2) is 7.85. The SMILES string of the molecule is COc1cc(C(=O)C2CN(C(=O)OC(C)(C)C)C(C)=N2)cc(OC)c1OC. The highest BCUT2D eigenvalue weighted by Crippen LogP contribution is 2.38. The molecule has 0 bridgehead atoms. The predicted molar refractivity (Wildman–Crippen MR) is 100 cm³/mol. The van der Waals surface area contributed by atoms with Crippen LogP contribution in [0.3, 0.4) is 0 Å².